The molecular weight excluding hydrogens is 693 g/mol. The van der Waals surface area contributed by atoms with Gasteiger partial charge in [0.1, 0.15) is 29.9 Å². The van der Waals surface area contributed by atoms with Gasteiger partial charge in [-0.2, -0.15) is 0 Å². The number of aliphatic hydroxyl groups excluding tert-OH is 2. The van der Waals surface area contributed by atoms with Gasteiger partial charge in [-0.25, -0.2) is 4.79 Å². The molecule has 0 spiro atoms. The molecule has 2 aliphatic carbocycles. The van der Waals surface area contributed by atoms with Gasteiger partial charge >= 0.3 is 6.09 Å². The van der Waals surface area contributed by atoms with Crippen LogP contribution >= 0.6 is 11.8 Å². The third kappa shape index (κ3) is 9.07. The number of rotatable bonds is 20. The second kappa shape index (κ2) is 19.7. The molecule has 0 radical (unpaired) electrons. The highest BCUT2D eigenvalue weighted by atomic mass is 32.2. The van der Waals surface area contributed by atoms with Crippen molar-refractivity contribution in [3.05, 3.63) is 72.3 Å². The highest BCUT2D eigenvalue weighted by molar-refractivity contribution is 7.98. The zero-order valence-corrected chi connectivity index (χ0v) is 32.7. The summed E-state index contributed by atoms with van der Waals surface area (Å²) in [5.74, 6) is 0.542. The number of ether oxygens (including phenoxy) is 4. The van der Waals surface area contributed by atoms with Crippen molar-refractivity contribution in [1.82, 2.24) is 4.90 Å². The van der Waals surface area contributed by atoms with Crippen LogP contribution in [0.25, 0.3) is 0 Å². The molecule has 11 heteroatoms. The Balaban J connectivity index is 1.76. The Bertz CT molecular complexity index is 1560. The monoisotopic (exact) mass is 750 g/mol. The summed E-state index contributed by atoms with van der Waals surface area (Å²) in [5.41, 5.74) is 2.78. The minimum absolute atomic E-state index is 0.119. The summed E-state index contributed by atoms with van der Waals surface area (Å²) in [6.45, 7) is 11.3. The van der Waals surface area contributed by atoms with Crippen LogP contribution in [-0.2, 0) is 14.3 Å². The van der Waals surface area contributed by atoms with Gasteiger partial charge in [-0.1, -0.05) is 37.1 Å². The average molecular weight is 751 g/mol. The van der Waals surface area contributed by atoms with Gasteiger partial charge in [-0.3, -0.25) is 4.90 Å². The minimum Gasteiger partial charge on any atom is -0.459 e. The van der Waals surface area contributed by atoms with Crippen LogP contribution in [0.15, 0.2) is 76.8 Å². The number of amides is 1. The largest absolute Gasteiger partial charge is 0.459 e. The van der Waals surface area contributed by atoms with Gasteiger partial charge in [0.25, 0.3) is 0 Å². The number of oxime groups is 1. The Morgan fingerprint density at radius 3 is 2.43 bits per heavy atom. The third-order valence-corrected chi connectivity index (χ3v) is 11.3. The molecule has 3 aliphatic rings. The van der Waals surface area contributed by atoms with E-state index in [1.165, 1.54) is 0 Å². The predicted octanol–water partition coefficient (Wildman–Crippen LogP) is 8.72. The van der Waals surface area contributed by atoms with Crippen LogP contribution in [0.1, 0.15) is 83.6 Å². The molecule has 53 heavy (non-hydrogen) atoms. The van der Waals surface area contributed by atoms with E-state index >= 15 is 0 Å². The molecule has 1 aliphatic heterocycles. The van der Waals surface area contributed by atoms with Gasteiger partial charge in [0.2, 0.25) is 5.79 Å². The lowest BCUT2D eigenvalue weighted by Crippen LogP contribution is -2.70. The summed E-state index contributed by atoms with van der Waals surface area (Å²) in [4.78, 5) is 22.6. The average Bonchev–Trinajstić information content (AvgIpc) is 3.17. The number of unbranched alkanes of at least 4 members (excludes halogenated alkanes) is 2. The number of carbonyl (C=O) groups is 1. The number of aliphatic hydroxyl groups is 2. The molecule has 2 aromatic rings. The smallest absolute Gasteiger partial charge is 0.410 e. The van der Waals surface area contributed by atoms with E-state index in [2.05, 4.69) is 18.7 Å². The molecule has 1 fully saturated rings. The zero-order chi connectivity index (χ0) is 37.8. The summed E-state index contributed by atoms with van der Waals surface area (Å²) >= 11 is 1.68. The lowest BCUT2D eigenvalue weighted by molar-refractivity contribution is -0.255. The molecule has 1 heterocycles. The Morgan fingerprint density at radius 2 is 1.77 bits per heavy atom. The first-order valence-corrected chi connectivity index (χ1v) is 20.6. The van der Waals surface area contributed by atoms with Crippen molar-refractivity contribution in [2.45, 2.75) is 94.8 Å². The van der Waals surface area contributed by atoms with Gasteiger partial charge < -0.3 is 34.0 Å². The number of allylic oxidation sites excluding steroid dienone is 1. The molecule has 2 N–H and O–H groups in total. The maximum atomic E-state index is 13.9. The van der Waals surface area contributed by atoms with E-state index in [0.717, 1.165) is 53.2 Å². The van der Waals surface area contributed by atoms with Gasteiger partial charge in [0.05, 0.1) is 24.8 Å². The highest BCUT2D eigenvalue weighted by Gasteiger charge is 2.65. The van der Waals surface area contributed by atoms with Crippen LogP contribution in [0.2, 0.25) is 0 Å². The molecule has 0 saturated heterocycles. The molecule has 5 rings (SSSR count). The van der Waals surface area contributed by atoms with E-state index < -0.39 is 17.9 Å². The van der Waals surface area contributed by atoms with E-state index in [-0.39, 0.29) is 50.1 Å². The van der Waals surface area contributed by atoms with Crippen molar-refractivity contribution in [2.24, 2.45) is 22.9 Å². The van der Waals surface area contributed by atoms with E-state index in [1.807, 2.05) is 63.4 Å². The molecule has 10 nitrogen and oxygen atoms in total. The first-order chi connectivity index (χ1) is 25.9. The number of carbonyl (C=O) groups excluding carboxylic acids is 1. The lowest BCUT2D eigenvalue weighted by Gasteiger charge is -2.59. The fraction of sp³-hybridized carbons (Fsp3) is 0.571. The van der Waals surface area contributed by atoms with Crippen LogP contribution in [0.5, 0.6) is 17.2 Å². The second-order valence-electron chi connectivity index (χ2n) is 13.9. The summed E-state index contributed by atoms with van der Waals surface area (Å²) in [5, 5.41) is 24.4. The molecule has 6 atom stereocenters. The van der Waals surface area contributed by atoms with Crippen LogP contribution in [0.3, 0.4) is 0 Å². The molecule has 6 unspecified atom stereocenters. The number of thioether (sulfide) groups is 1. The minimum atomic E-state index is -1.31. The van der Waals surface area contributed by atoms with E-state index in [1.54, 1.807) is 22.7 Å². The van der Waals surface area contributed by atoms with Crippen molar-refractivity contribution < 1.29 is 38.8 Å². The number of benzene rings is 2. The lowest BCUT2D eigenvalue weighted by atomic mass is 9.55. The fourth-order valence-electron chi connectivity index (χ4n) is 8.46. The predicted molar refractivity (Wildman–Crippen MR) is 209 cm³/mol. The van der Waals surface area contributed by atoms with Crippen LogP contribution in [0.4, 0.5) is 4.79 Å². The van der Waals surface area contributed by atoms with Gasteiger partial charge in [0.15, 0.2) is 0 Å². The van der Waals surface area contributed by atoms with Crippen molar-refractivity contribution in [3.63, 3.8) is 0 Å². The van der Waals surface area contributed by atoms with E-state index in [0.29, 0.717) is 50.3 Å². The Kier molecular flexibility index (Phi) is 15.1. The van der Waals surface area contributed by atoms with Gasteiger partial charge in [-0.15, -0.1) is 18.3 Å². The molecular formula is C42H58N2O8S. The maximum Gasteiger partial charge on any atom is 0.410 e. The normalized spacial score (nSPS) is 25.1. The van der Waals surface area contributed by atoms with Crippen molar-refractivity contribution in [2.75, 3.05) is 45.8 Å². The summed E-state index contributed by atoms with van der Waals surface area (Å²) in [6, 6.07) is 13.4. The number of nitrogens with zero attached hydrogens (tertiary/aromatic N) is 2. The molecule has 1 saturated carbocycles. The Hall–Kier alpha value is -3.51. The molecule has 2 aromatic carbocycles. The number of hydrogen-bond acceptors (Lipinski definition) is 10. The molecule has 290 valence electrons. The molecule has 0 aromatic heterocycles. The van der Waals surface area contributed by atoms with Crippen molar-refractivity contribution in [1.29, 1.82) is 0 Å². The van der Waals surface area contributed by atoms with Crippen LogP contribution in [0, 0.1) is 17.8 Å². The first kappa shape index (κ1) is 40.7. The van der Waals surface area contributed by atoms with Crippen molar-refractivity contribution >= 4 is 23.6 Å². The standard InChI is InChI=1S/C42H58N2O8S/c1-6-22-44(41(47)48-8-3)38-28-36(43-50-9-4)34-26-29(14-10-12-23-45)33(15-11-13-24-46)39-35-27-31(51-30-16-19-32(53-5)20-17-30)18-21-37(35)52-42(38,40(34)39)49-25-7-2/h7,16-21,26-27,29,33,38-40,45-46H,2,6,8-15,22-25,28H2,1,3-5H3. The van der Waals surface area contributed by atoms with Gasteiger partial charge in [-0.05, 0) is 112 Å². The summed E-state index contributed by atoms with van der Waals surface area (Å²) < 4.78 is 26.3. The Labute approximate surface area is 319 Å². The van der Waals surface area contributed by atoms with Gasteiger partial charge in [0, 0.05) is 42.6 Å². The van der Waals surface area contributed by atoms with Crippen LogP contribution < -0.4 is 9.47 Å². The quantitative estimate of drug-likeness (QED) is 0.0593. The SMILES string of the molecule is C=CCOC12Oc3ccc(Oc4ccc(SC)cc4)cc3C3C(CCCCO)C(CCCCO)C=C(C(=NOCC)CC1N(CCC)C(=O)OCC)C32. The molecule has 0 bridgehead atoms. The first-order valence-electron chi connectivity index (χ1n) is 19.3. The van der Waals surface area contributed by atoms with Crippen LogP contribution in [-0.4, -0.2) is 84.6 Å². The third-order valence-electron chi connectivity index (χ3n) is 10.6. The van der Waals surface area contributed by atoms with E-state index in [9.17, 15) is 15.0 Å². The number of hydrogen-bond donors (Lipinski definition) is 2. The maximum absolute atomic E-state index is 13.9. The number of fused-ring (bicyclic) bond motifs is 2. The molecule has 1 amide bonds. The van der Waals surface area contributed by atoms with Crippen molar-refractivity contribution in [3.8, 4) is 17.2 Å². The second-order valence-corrected chi connectivity index (χ2v) is 14.7. The highest BCUT2D eigenvalue weighted by Crippen LogP contribution is 2.62. The Morgan fingerprint density at radius 1 is 1.04 bits per heavy atom. The fourth-order valence-corrected chi connectivity index (χ4v) is 8.86. The summed E-state index contributed by atoms with van der Waals surface area (Å²) in [7, 11) is 0. The topological polar surface area (TPSA) is 119 Å². The van der Waals surface area contributed by atoms with E-state index in [4.69, 9.17) is 28.9 Å². The summed E-state index contributed by atoms with van der Waals surface area (Å²) in [6.07, 6.45) is 11.6. The zero-order valence-electron chi connectivity index (χ0n) is 31.8.